The van der Waals surface area contributed by atoms with E-state index in [1.807, 2.05) is 0 Å². The molecule has 0 saturated carbocycles. The highest BCUT2D eigenvalue weighted by atomic mass is 16.3. The Morgan fingerprint density at radius 1 is 0.375 bits per heavy atom. The van der Waals surface area contributed by atoms with Gasteiger partial charge < -0.3 is 20.6 Å². The molecule has 0 spiro atoms. The zero-order chi connectivity index (χ0) is 40.8. The number of rotatable bonds is 48. The van der Waals surface area contributed by atoms with Crippen LogP contribution in [0.4, 0.5) is 0 Å². The maximum atomic E-state index is 12.5. The molecule has 56 heavy (non-hydrogen) atoms. The minimum Gasteiger partial charge on any atom is -0.394 e. The molecule has 0 aliphatic heterocycles. The van der Waals surface area contributed by atoms with Gasteiger partial charge in [0.15, 0.2) is 0 Å². The first kappa shape index (κ1) is 55.4. The van der Waals surface area contributed by atoms with Gasteiger partial charge in [0.25, 0.3) is 0 Å². The number of carbonyl (C=O) groups excluding carboxylic acids is 1. The van der Waals surface area contributed by atoms with Crippen molar-refractivity contribution in [3.8, 4) is 0 Å². The molecule has 0 aliphatic carbocycles. The number of unbranched alkanes of at least 4 members (excludes halogenated alkanes) is 39. The minimum absolute atomic E-state index is 0.0433. The van der Waals surface area contributed by atoms with Crippen molar-refractivity contribution in [1.29, 1.82) is 0 Å². The van der Waals surface area contributed by atoms with E-state index in [2.05, 4.69) is 19.2 Å². The summed E-state index contributed by atoms with van der Waals surface area (Å²) in [6.45, 7) is 4.30. The lowest BCUT2D eigenvalue weighted by atomic mass is 10.0. The van der Waals surface area contributed by atoms with E-state index in [4.69, 9.17) is 0 Å². The summed E-state index contributed by atoms with van der Waals surface area (Å²) in [5.74, 6) is -0.275. The minimum atomic E-state index is -0.745. The topological polar surface area (TPSA) is 89.8 Å². The van der Waals surface area contributed by atoms with E-state index in [-0.39, 0.29) is 18.9 Å². The maximum absolute atomic E-state index is 12.5. The average Bonchev–Trinajstić information content (AvgIpc) is 3.19. The van der Waals surface area contributed by atoms with Crippen LogP contribution in [0, 0.1) is 0 Å². The van der Waals surface area contributed by atoms with Gasteiger partial charge in [-0.2, -0.15) is 0 Å². The van der Waals surface area contributed by atoms with Gasteiger partial charge >= 0.3 is 0 Å². The zero-order valence-electron chi connectivity index (χ0n) is 38.3. The van der Waals surface area contributed by atoms with Gasteiger partial charge in [-0.05, 0) is 12.8 Å². The molecule has 336 valence electrons. The number of aliphatic hydroxyl groups is 3. The van der Waals surface area contributed by atoms with Gasteiger partial charge in [0, 0.05) is 0 Å². The second-order valence-corrected chi connectivity index (χ2v) is 18.1. The maximum Gasteiger partial charge on any atom is 0.222 e. The first-order valence-corrected chi connectivity index (χ1v) is 25.8. The Morgan fingerprint density at radius 3 is 0.857 bits per heavy atom. The van der Waals surface area contributed by atoms with Crippen LogP contribution in [-0.2, 0) is 4.79 Å². The molecule has 0 aromatic carbocycles. The summed E-state index contributed by atoms with van der Waals surface area (Å²) in [4.78, 5) is 12.5. The lowest BCUT2D eigenvalue weighted by Crippen LogP contribution is -2.46. The van der Waals surface area contributed by atoms with E-state index in [0.29, 0.717) is 12.8 Å². The Bertz CT molecular complexity index is 747. The van der Waals surface area contributed by atoms with E-state index < -0.39 is 18.2 Å². The molecule has 0 aromatic rings. The number of carbonyl (C=O) groups is 1. The largest absolute Gasteiger partial charge is 0.394 e. The van der Waals surface area contributed by atoms with Gasteiger partial charge in [-0.3, -0.25) is 4.79 Å². The first-order chi connectivity index (χ1) is 27.5. The van der Waals surface area contributed by atoms with Gasteiger partial charge in [0.1, 0.15) is 0 Å². The van der Waals surface area contributed by atoms with Crippen molar-refractivity contribution in [2.24, 2.45) is 0 Å². The molecule has 0 rings (SSSR count). The highest BCUT2D eigenvalue weighted by Gasteiger charge is 2.21. The zero-order valence-corrected chi connectivity index (χ0v) is 38.3. The average molecular weight is 794 g/mol. The SMILES string of the molecule is CCCCCCCCCCCCCCCCCCCCCCCCC(O)C(CO)NC(=O)CC(O)CCCCCCCCCCCCCCCCCCCCC. The molecule has 3 unspecified atom stereocenters. The lowest BCUT2D eigenvalue weighted by Gasteiger charge is -2.23. The smallest absolute Gasteiger partial charge is 0.222 e. The molecule has 0 heterocycles. The Labute approximate surface area is 351 Å². The molecule has 5 nitrogen and oxygen atoms in total. The van der Waals surface area contributed by atoms with Crippen molar-refractivity contribution in [3.05, 3.63) is 0 Å². The van der Waals surface area contributed by atoms with Crippen LogP contribution in [0.3, 0.4) is 0 Å². The number of amides is 1. The van der Waals surface area contributed by atoms with E-state index in [9.17, 15) is 20.1 Å². The van der Waals surface area contributed by atoms with Crippen LogP contribution < -0.4 is 5.32 Å². The summed E-state index contributed by atoms with van der Waals surface area (Å²) in [5, 5.41) is 33.6. The van der Waals surface area contributed by atoms with Crippen LogP contribution >= 0.6 is 0 Å². The molecule has 0 aromatic heterocycles. The van der Waals surface area contributed by atoms with Crippen LogP contribution in [0.25, 0.3) is 0 Å². The quantitative estimate of drug-likeness (QED) is 0.0462. The number of nitrogens with one attached hydrogen (secondary N) is 1. The highest BCUT2D eigenvalue weighted by molar-refractivity contribution is 5.76. The molecule has 0 bridgehead atoms. The van der Waals surface area contributed by atoms with Crippen molar-refractivity contribution in [1.82, 2.24) is 5.32 Å². The Balaban J connectivity index is 3.52. The fraction of sp³-hybridized carbons (Fsp3) is 0.980. The van der Waals surface area contributed by atoms with Crippen molar-refractivity contribution in [3.63, 3.8) is 0 Å². The van der Waals surface area contributed by atoms with Crippen molar-refractivity contribution >= 4 is 5.91 Å². The third-order valence-corrected chi connectivity index (χ3v) is 12.4. The van der Waals surface area contributed by atoms with Crippen LogP contribution in [0.1, 0.15) is 296 Å². The lowest BCUT2D eigenvalue weighted by molar-refractivity contribution is -0.125. The summed E-state index contributed by atoms with van der Waals surface area (Å²) in [6.07, 6.45) is 55.2. The van der Waals surface area contributed by atoms with Gasteiger partial charge in [-0.15, -0.1) is 0 Å². The predicted octanol–water partition coefficient (Wildman–Crippen LogP) is 15.4. The second kappa shape index (κ2) is 47.0. The Morgan fingerprint density at radius 2 is 0.607 bits per heavy atom. The Hall–Kier alpha value is -0.650. The highest BCUT2D eigenvalue weighted by Crippen LogP contribution is 2.18. The van der Waals surface area contributed by atoms with Gasteiger partial charge in [0.05, 0.1) is 31.3 Å². The normalized spacial score (nSPS) is 13.3. The molecule has 0 aliphatic rings. The molecule has 3 atom stereocenters. The summed E-state index contributed by atoms with van der Waals surface area (Å²) in [7, 11) is 0. The third-order valence-electron chi connectivity index (χ3n) is 12.4. The molecule has 1 amide bonds. The molecule has 0 radical (unpaired) electrons. The molecular weight excluding hydrogens is 691 g/mol. The standard InChI is InChI=1S/C51H103NO4/c1-3-5-7-9-11-13-15-17-19-21-23-24-25-27-29-31-33-35-37-39-41-43-45-50(55)49(47-53)52-51(56)46-48(54)44-42-40-38-36-34-32-30-28-26-22-20-18-16-14-12-10-8-6-4-2/h48-50,53-55H,3-47H2,1-2H3,(H,52,56). The van der Waals surface area contributed by atoms with E-state index in [0.717, 1.165) is 25.7 Å². The fourth-order valence-electron chi connectivity index (χ4n) is 8.47. The van der Waals surface area contributed by atoms with Crippen molar-refractivity contribution < 1.29 is 20.1 Å². The van der Waals surface area contributed by atoms with Crippen LogP contribution in [0.2, 0.25) is 0 Å². The third kappa shape index (κ3) is 42.9. The first-order valence-electron chi connectivity index (χ1n) is 25.8. The van der Waals surface area contributed by atoms with Gasteiger partial charge in [-0.1, -0.05) is 277 Å². The molecule has 5 heteroatoms. The molecule has 0 saturated heterocycles. The van der Waals surface area contributed by atoms with Gasteiger partial charge in [-0.25, -0.2) is 0 Å². The summed E-state index contributed by atoms with van der Waals surface area (Å²) in [6, 6.07) is -0.653. The summed E-state index contributed by atoms with van der Waals surface area (Å²) < 4.78 is 0. The monoisotopic (exact) mass is 794 g/mol. The predicted molar refractivity (Wildman–Crippen MR) is 246 cm³/mol. The summed E-state index contributed by atoms with van der Waals surface area (Å²) >= 11 is 0. The second-order valence-electron chi connectivity index (χ2n) is 18.1. The molecular formula is C51H103NO4. The van der Waals surface area contributed by atoms with Gasteiger partial charge in [0.2, 0.25) is 5.91 Å². The van der Waals surface area contributed by atoms with Crippen LogP contribution in [0.15, 0.2) is 0 Å². The van der Waals surface area contributed by atoms with Crippen molar-refractivity contribution in [2.45, 2.75) is 315 Å². The van der Waals surface area contributed by atoms with E-state index in [1.54, 1.807) is 0 Å². The number of aliphatic hydroxyl groups excluding tert-OH is 3. The van der Waals surface area contributed by atoms with E-state index in [1.165, 1.54) is 238 Å². The fourth-order valence-corrected chi connectivity index (χ4v) is 8.47. The van der Waals surface area contributed by atoms with Crippen LogP contribution in [-0.4, -0.2) is 46.1 Å². The van der Waals surface area contributed by atoms with Crippen molar-refractivity contribution in [2.75, 3.05) is 6.61 Å². The van der Waals surface area contributed by atoms with Crippen LogP contribution in [0.5, 0.6) is 0 Å². The number of hydrogen-bond donors (Lipinski definition) is 4. The molecule has 0 fully saturated rings. The van der Waals surface area contributed by atoms with E-state index >= 15 is 0 Å². The molecule has 4 N–H and O–H groups in total. The Kier molecular flexibility index (Phi) is 46.5. The number of hydrogen-bond acceptors (Lipinski definition) is 4. The summed E-state index contributed by atoms with van der Waals surface area (Å²) in [5.41, 5.74) is 0.